The van der Waals surface area contributed by atoms with Gasteiger partial charge >= 0.3 is 0 Å². The van der Waals surface area contributed by atoms with Crippen molar-refractivity contribution >= 4 is 0 Å². The van der Waals surface area contributed by atoms with E-state index in [0.717, 1.165) is 18.7 Å². The van der Waals surface area contributed by atoms with E-state index in [1.807, 2.05) is 7.05 Å². The van der Waals surface area contributed by atoms with E-state index in [1.165, 1.54) is 42.4 Å². The van der Waals surface area contributed by atoms with E-state index in [2.05, 4.69) is 19.2 Å². The highest BCUT2D eigenvalue weighted by Crippen LogP contribution is 2.37. The van der Waals surface area contributed by atoms with Crippen LogP contribution in [0.1, 0.15) is 40.7 Å². The van der Waals surface area contributed by atoms with Gasteiger partial charge < -0.3 is 10.1 Å². The molecule has 1 aromatic carbocycles. The molecular weight excluding hydrogens is 222 g/mol. The van der Waals surface area contributed by atoms with Crippen LogP contribution in [0.25, 0.3) is 0 Å². The fourth-order valence-electron chi connectivity index (χ4n) is 3.28. The molecule has 0 radical (unpaired) electrons. The van der Waals surface area contributed by atoms with E-state index >= 15 is 0 Å². The van der Waals surface area contributed by atoms with Crippen molar-refractivity contribution in [2.75, 3.05) is 20.7 Å². The molecule has 100 valence electrons. The minimum Gasteiger partial charge on any atom is -0.496 e. The van der Waals surface area contributed by atoms with Crippen molar-refractivity contribution in [2.45, 2.75) is 46.0 Å². The van der Waals surface area contributed by atoms with Crippen LogP contribution in [0.5, 0.6) is 5.75 Å². The molecule has 2 nitrogen and oxygen atoms in total. The maximum Gasteiger partial charge on any atom is 0.125 e. The first-order valence-corrected chi connectivity index (χ1v) is 7.03. The molecule has 0 saturated heterocycles. The predicted octanol–water partition coefficient (Wildman–Crippen LogP) is 2.95. The highest BCUT2D eigenvalue weighted by Gasteiger charge is 2.21. The average Bonchev–Trinajstić information content (AvgIpc) is 2.41. The van der Waals surface area contributed by atoms with Crippen molar-refractivity contribution in [1.82, 2.24) is 5.32 Å². The van der Waals surface area contributed by atoms with Gasteiger partial charge in [-0.05, 0) is 87.4 Å². The number of benzene rings is 1. The van der Waals surface area contributed by atoms with Gasteiger partial charge in [-0.15, -0.1) is 0 Å². The molecule has 0 bridgehead atoms. The summed E-state index contributed by atoms with van der Waals surface area (Å²) < 4.78 is 5.69. The van der Waals surface area contributed by atoms with Crippen LogP contribution >= 0.6 is 0 Å². The molecule has 0 aromatic heterocycles. The number of ether oxygens (including phenoxy) is 1. The molecule has 0 atom stereocenters. The second-order valence-electron chi connectivity index (χ2n) is 5.28. The highest BCUT2D eigenvalue weighted by molar-refractivity contribution is 5.55. The third-order valence-electron chi connectivity index (χ3n) is 4.27. The lowest BCUT2D eigenvalue weighted by molar-refractivity contribution is 0.404. The number of methoxy groups -OCH3 is 1. The van der Waals surface area contributed by atoms with Crippen LogP contribution in [0.4, 0.5) is 0 Å². The lowest BCUT2D eigenvalue weighted by Crippen LogP contribution is -2.16. The Labute approximate surface area is 111 Å². The summed E-state index contributed by atoms with van der Waals surface area (Å²) in [6.45, 7) is 5.51. The number of hydrogen-bond donors (Lipinski definition) is 1. The van der Waals surface area contributed by atoms with Crippen LogP contribution in [0, 0.1) is 13.8 Å². The lowest BCUT2D eigenvalue weighted by atomic mass is 9.82. The molecule has 1 aliphatic rings. The topological polar surface area (TPSA) is 21.3 Å². The molecule has 18 heavy (non-hydrogen) atoms. The standard InChI is InChI=1S/C16H25NO/c1-11-13-7-5-6-8-14(13)12(2)16(18-4)15(11)9-10-17-3/h17H,5-10H2,1-4H3. The van der Waals surface area contributed by atoms with E-state index in [0.29, 0.717) is 0 Å². The molecule has 0 unspecified atom stereocenters. The molecule has 1 aromatic rings. The Hall–Kier alpha value is -1.02. The van der Waals surface area contributed by atoms with Gasteiger partial charge in [0.05, 0.1) is 7.11 Å². The second-order valence-corrected chi connectivity index (χ2v) is 5.28. The number of nitrogens with one attached hydrogen (secondary N) is 1. The Morgan fingerprint density at radius 2 is 1.67 bits per heavy atom. The van der Waals surface area contributed by atoms with Crippen molar-refractivity contribution in [1.29, 1.82) is 0 Å². The van der Waals surface area contributed by atoms with Gasteiger partial charge in [-0.25, -0.2) is 0 Å². The molecule has 1 aliphatic carbocycles. The van der Waals surface area contributed by atoms with E-state index in [9.17, 15) is 0 Å². The van der Waals surface area contributed by atoms with Crippen LogP contribution in [-0.2, 0) is 19.3 Å². The highest BCUT2D eigenvalue weighted by atomic mass is 16.5. The van der Waals surface area contributed by atoms with Crippen LogP contribution in [-0.4, -0.2) is 20.7 Å². The Morgan fingerprint density at radius 3 is 2.22 bits per heavy atom. The maximum atomic E-state index is 5.69. The summed E-state index contributed by atoms with van der Waals surface area (Å²) in [5.41, 5.74) is 7.42. The number of rotatable bonds is 4. The van der Waals surface area contributed by atoms with E-state index in [4.69, 9.17) is 4.74 Å². The summed E-state index contributed by atoms with van der Waals surface area (Å²) >= 11 is 0. The number of likely N-dealkylation sites (N-methyl/N-ethyl adjacent to an activating group) is 1. The summed E-state index contributed by atoms with van der Waals surface area (Å²) in [4.78, 5) is 0. The zero-order valence-electron chi connectivity index (χ0n) is 12.2. The third kappa shape index (κ3) is 2.26. The molecule has 1 N–H and O–H groups in total. The quantitative estimate of drug-likeness (QED) is 0.883. The molecular formula is C16H25NO. The first-order chi connectivity index (χ1) is 8.70. The zero-order valence-corrected chi connectivity index (χ0v) is 12.2. The molecule has 2 heteroatoms. The Morgan fingerprint density at radius 1 is 1.06 bits per heavy atom. The van der Waals surface area contributed by atoms with Crippen molar-refractivity contribution in [3.05, 3.63) is 27.8 Å². The monoisotopic (exact) mass is 247 g/mol. The van der Waals surface area contributed by atoms with Crippen LogP contribution < -0.4 is 10.1 Å². The Bertz CT molecular complexity index is 437. The Kier molecular flexibility index (Phi) is 4.28. The van der Waals surface area contributed by atoms with E-state index < -0.39 is 0 Å². The predicted molar refractivity (Wildman–Crippen MR) is 76.7 cm³/mol. The van der Waals surface area contributed by atoms with E-state index in [-0.39, 0.29) is 0 Å². The molecule has 0 amide bonds. The molecule has 0 spiro atoms. The SMILES string of the molecule is CNCCc1c(C)c2c(c(C)c1OC)CCCC2. The minimum atomic E-state index is 1.01. The summed E-state index contributed by atoms with van der Waals surface area (Å²) in [6, 6.07) is 0. The molecule has 0 aliphatic heterocycles. The summed E-state index contributed by atoms with van der Waals surface area (Å²) in [5.74, 6) is 1.13. The van der Waals surface area contributed by atoms with Gasteiger partial charge in [0.15, 0.2) is 0 Å². The van der Waals surface area contributed by atoms with Crippen molar-refractivity contribution in [3.63, 3.8) is 0 Å². The van der Waals surface area contributed by atoms with Crippen LogP contribution in [0.2, 0.25) is 0 Å². The fraction of sp³-hybridized carbons (Fsp3) is 0.625. The van der Waals surface area contributed by atoms with Crippen LogP contribution in [0.3, 0.4) is 0 Å². The number of fused-ring (bicyclic) bond motifs is 1. The fourth-order valence-corrected chi connectivity index (χ4v) is 3.28. The van der Waals surface area contributed by atoms with Gasteiger partial charge in [-0.2, -0.15) is 0 Å². The van der Waals surface area contributed by atoms with Gasteiger partial charge in [0.2, 0.25) is 0 Å². The van der Waals surface area contributed by atoms with Crippen molar-refractivity contribution < 1.29 is 4.74 Å². The third-order valence-corrected chi connectivity index (χ3v) is 4.27. The average molecular weight is 247 g/mol. The summed E-state index contributed by atoms with van der Waals surface area (Å²) in [6.07, 6.45) is 6.19. The van der Waals surface area contributed by atoms with Crippen molar-refractivity contribution in [3.8, 4) is 5.75 Å². The summed E-state index contributed by atoms with van der Waals surface area (Å²) in [7, 11) is 3.81. The van der Waals surface area contributed by atoms with Crippen molar-refractivity contribution in [2.24, 2.45) is 0 Å². The molecule has 0 fully saturated rings. The first kappa shape index (κ1) is 13.4. The Balaban J connectivity index is 2.53. The summed E-state index contributed by atoms with van der Waals surface area (Å²) in [5, 5.41) is 3.24. The lowest BCUT2D eigenvalue weighted by Gasteiger charge is -2.26. The smallest absolute Gasteiger partial charge is 0.125 e. The van der Waals surface area contributed by atoms with Gasteiger partial charge in [0.25, 0.3) is 0 Å². The minimum absolute atomic E-state index is 1.01. The zero-order chi connectivity index (χ0) is 13.1. The normalized spacial score (nSPS) is 14.4. The first-order valence-electron chi connectivity index (χ1n) is 7.03. The second kappa shape index (κ2) is 5.75. The largest absolute Gasteiger partial charge is 0.496 e. The molecule has 2 rings (SSSR count). The van der Waals surface area contributed by atoms with Crippen LogP contribution in [0.15, 0.2) is 0 Å². The molecule has 0 heterocycles. The number of hydrogen-bond acceptors (Lipinski definition) is 2. The van der Waals surface area contributed by atoms with Gasteiger partial charge in [0.1, 0.15) is 5.75 Å². The van der Waals surface area contributed by atoms with Gasteiger partial charge in [-0.3, -0.25) is 0 Å². The van der Waals surface area contributed by atoms with E-state index in [1.54, 1.807) is 18.2 Å². The van der Waals surface area contributed by atoms with Gasteiger partial charge in [0, 0.05) is 0 Å². The molecule has 0 saturated carbocycles. The van der Waals surface area contributed by atoms with Gasteiger partial charge in [-0.1, -0.05) is 0 Å². The maximum absolute atomic E-state index is 5.69.